The molecule has 1 aliphatic carbocycles. The molecule has 2 atom stereocenters. The van der Waals surface area contributed by atoms with E-state index < -0.39 is 5.54 Å². The van der Waals surface area contributed by atoms with Crippen LogP contribution in [0.1, 0.15) is 26.3 Å². The largest absolute Gasteiger partial charge is 0.454 e. The molecule has 0 fully saturated rings. The molecule has 1 aromatic rings. The second-order valence-corrected chi connectivity index (χ2v) is 7.53. The third-order valence-corrected chi connectivity index (χ3v) is 5.87. The average molecular weight is 449 g/mol. The van der Waals surface area contributed by atoms with E-state index in [0.717, 1.165) is 22.3 Å². The number of hydrogen-bond acceptors (Lipinski definition) is 3. The van der Waals surface area contributed by atoms with E-state index in [2.05, 4.69) is 28.7 Å². The van der Waals surface area contributed by atoms with E-state index in [1.807, 2.05) is 57.3 Å². The number of carbonyl (C=O) groups is 2. The van der Waals surface area contributed by atoms with E-state index in [4.69, 9.17) is 4.74 Å². The van der Waals surface area contributed by atoms with Crippen molar-refractivity contribution in [3.05, 3.63) is 62.8 Å². The van der Waals surface area contributed by atoms with E-state index >= 15 is 0 Å². The van der Waals surface area contributed by atoms with E-state index in [0.29, 0.717) is 3.58 Å². The highest BCUT2D eigenvalue weighted by atomic mass is 127. The summed E-state index contributed by atoms with van der Waals surface area (Å²) in [7, 11) is 1.82. The van der Waals surface area contributed by atoms with Crippen molar-refractivity contribution < 1.29 is 14.3 Å². The second kappa shape index (κ2) is 6.44. The van der Waals surface area contributed by atoms with Gasteiger partial charge in [0.1, 0.15) is 11.6 Å². The SMILES string of the molecule is CC(=O)O[C@@H]1C=C(C)[C@@]2(C=C1C)C(c1ccccc1)=C(I)C(=O)N2C. The van der Waals surface area contributed by atoms with Crippen LogP contribution in [-0.2, 0) is 14.3 Å². The summed E-state index contributed by atoms with van der Waals surface area (Å²) in [5.74, 6) is -0.316. The zero-order valence-corrected chi connectivity index (χ0v) is 16.8. The summed E-state index contributed by atoms with van der Waals surface area (Å²) >= 11 is 2.14. The molecule has 0 unspecified atom stereocenters. The van der Waals surface area contributed by atoms with E-state index in [-0.39, 0.29) is 18.0 Å². The summed E-state index contributed by atoms with van der Waals surface area (Å²) in [4.78, 5) is 25.9. The molecule has 0 bridgehead atoms. The minimum atomic E-state index is -0.643. The first-order valence-corrected chi connectivity index (χ1v) is 9.16. The third kappa shape index (κ3) is 2.74. The van der Waals surface area contributed by atoms with Crippen LogP contribution in [0.4, 0.5) is 0 Å². The van der Waals surface area contributed by atoms with Gasteiger partial charge in [0.25, 0.3) is 5.91 Å². The van der Waals surface area contributed by atoms with Gasteiger partial charge in [0.2, 0.25) is 0 Å². The number of likely N-dealkylation sites (N-methyl/N-ethyl adjacent to an activating group) is 1. The van der Waals surface area contributed by atoms with E-state index in [9.17, 15) is 9.59 Å². The van der Waals surface area contributed by atoms with Crippen LogP contribution in [0.3, 0.4) is 0 Å². The molecule has 0 saturated carbocycles. The number of halogens is 1. The Balaban J connectivity index is 2.20. The Kier molecular flexibility index (Phi) is 4.62. The van der Waals surface area contributed by atoms with Gasteiger partial charge in [-0.25, -0.2) is 0 Å². The van der Waals surface area contributed by atoms with Crippen molar-refractivity contribution in [2.45, 2.75) is 32.4 Å². The minimum absolute atomic E-state index is 0.00203. The molecule has 3 rings (SSSR count). The Labute approximate surface area is 161 Å². The topological polar surface area (TPSA) is 46.6 Å². The number of esters is 1. The first kappa shape index (κ1) is 17.9. The van der Waals surface area contributed by atoms with Gasteiger partial charge < -0.3 is 9.64 Å². The molecule has 0 aromatic heterocycles. The maximum absolute atomic E-state index is 12.8. The first-order valence-electron chi connectivity index (χ1n) is 8.08. The highest BCUT2D eigenvalue weighted by Crippen LogP contribution is 2.50. The van der Waals surface area contributed by atoms with Gasteiger partial charge in [0.05, 0.1) is 3.58 Å². The first-order chi connectivity index (χ1) is 11.8. The van der Waals surface area contributed by atoms with Crippen LogP contribution < -0.4 is 0 Å². The predicted molar refractivity (Wildman–Crippen MR) is 106 cm³/mol. The molecule has 0 radical (unpaired) electrons. The van der Waals surface area contributed by atoms with Gasteiger partial charge in [-0.05, 0) is 65.3 Å². The number of hydrogen-bond donors (Lipinski definition) is 0. The van der Waals surface area contributed by atoms with Crippen LogP contribution in [0.5, 0.6) is 0 Å². The highest BCUT2D eigenvalue weighted by Gasteiger charge is 2.51. The Bertz CT molecular complexity index is 838. The van der Waals surface area contributed by atoms with Gasteiger partial charge in [0.15, 0.2) is 0 Å². The predicted octanol–water partition coefficient (Wildman–Crippen LogP) is 3.88. The van der Waals surface area contributed by atoms with Crippen LogP contribution in [0.2, 0.25) is 0 Å². The molecule has 130 valence electrons. The Morgan fingerprint density at radius 1 is 1.24 bits per heavy atom. The van der Waals surface area contributed by atoms with Gasteiger partial charge >= 0.3 is 5.97 Å². The molecule has 4 nitrogen and oxygen atoms in total. The average Bonchev–Trinajstić information content (AvgIpc) is 2.75. The fraction of sp³-hybridized carbons (Fsp3) is 0.300. The van der Waals surface area contributed by atoms with Gasteiger partial charge in [-0.15, -0.1) is 0 Å². The molecule has 1 spiro atoms. The maximum atomic E-state index is 12.8. The molecule has 25 heavy (non-hydrogen) atoms. The van der Waals surface area contributed by atoms with Crippen molar-refractivity contribution in [3.8, 4) is 0 Å². The molecule has 0 N–H and O–H groups in total. The monoisotopic (exact) mass is 449 g/mol. The van der Waals surface area contributed by atoms with Gasteiger partial charge in [-0.3, -0.25) is 9.59 Å². The van der Waals surface area contributed by atoms with Crippen LogP contribution in [0.25, 0.3) is 5.57 Å². The molecule has 1 aliphatic heterocycles. The molecule has 5 heteroatoms. The summed E-state index contributed by atoms with van der Waals surface area (Å²) in [5.41, 5.74) is 3.25. The summed E-state index contributed by atoms with van der Waals surface area (Å²) in [6.45, 7) is 5.33. The number of carbonyl (C=O) groups excluding carboxylic acids is 2. The summed E-state index contributed by atoms with van der Waals surface area (Å²) in [6.07, 6.45) is 3.61. The van der Waals surface area contributed by atoms with Gasteiger partial charge in [0, 0.05) is 19.5 Å². The number of benzene rings is 1. The van der Waals surface area contributed by atoms with Crippen molar-refractivity contribution in [1.82, 2.24) is 4.90 Å². The lowest BCUT2D eigenvalue weighted by molar-refractivity contribution is -0.143. The Hall–Kier alpha value is -1.89. The molecule has 0 saturated heterocycles. The molecule has 2 aliphatic rings. The lowest BCUT2D eigenvalue weighted by Gasteiger charge is -2.41. The normalized spacial score (nSPS) is 26.0. The second-order valence-electron chi connectivity index (χ2n) is 6.45. The van der Waals surface area contributed by atoms with Crippen LogP contribution in [0.15, 0.2) is 57.2 Å². The zero-order chi connectivity index (χ0) is 18.4. The number of amides is 1. The number of rotatable bonds is 2. The maximum Gasteiger partial charge on any atom is 0.303 e. The van der Waals surface area contributed by atoms with Gasteiger partial charge in [-0.1, -0.05) is 30.3 Å². The Morgan fingerprint density at radius 3 is 2.48 bits per heavy atom. The van der Waals surface area contributed by atoms with Crippen molar-refractivity contribution in [3.63, 3.8) is 0 Å². The Morgan fingerprint density at radius 2 is 1.88 bits per heavy atom. The molecular weight excluding hydrogens is 429 g/mol. The standard InChI is InChI=1S/C20H20INO3/c1-12-11-20(13(2)10-16(12)25-14(3)23)17(15-8-6-5-7-9-15)18(21)19(24)22(20)4/h5-11,16H,1-4H3/t16-,20+/m1/s1. The molecule has 1 heterocycles. The lowest BCUT2D eigenvalue weighted by atomic mass is 9.75. The summed E-state index contributed by atoms with van der Waals surface area (Å²) in [5, 5.41) is 0. The molecular formula is C20H20INO3. The highest BCUT2D eigenvalue weighted by molar-refractivity contribution is 14.1. The lowest BCUT2D eigenvalue weighted by Crippen LogP contribution is -2.47. The number of nitrogens with zero attached hydrogens (tertiary/aromatic N) is 1. The van der Waals surface area contributed by atoms with Crippen molar-refractivity contribution in [2.24, 2.45) is 0 Å². The molecule has 1 aromatic carbocycles. The zero-order valence-electron chi connectivity index (χ0n) is 14.7. The minimum Gasteiger partial charge on any atom is -0.454 e. The van der Waals surface area contributed by atoms with Crippen LogP contribution in [-0.4, -0.2) is 35.5 Å². The molecule has 1 amide bonds. The summed E-state index contributed by atoms with van der Waals surface area (Å²) in [6, 6.07) is 9.96. The van der Waals surface area contributed by atoms with Crippen molar-refractivity contribution in [2.75, 3.05) is 7.05 Å². The van der Waals surface area contributed by atoms with Gasteiger partial charge in [-0.2, -0.15) is 0 Å². The van der Waals surface area contributed by atoms with Crippen LogP contribution in [0, 0.1) is 0 Å². The fourth-order valence-corrected chi connectivity index (χ4v) is 4.73. The van der Waals surface area contributed by atoms with Crippen molar-refractivity contribution in [1.29, 1.82) is 0 Å². The summed E-state index contributed by atoms with van der Waals surface area (Å²) < 4.78 is 6.12. The smallest absolute Gasteiger partial charge is 0.303 e. The van der Waals surface area contributed by atoms with E-state index in [1.165, 1.54) is 6.92 Å². The van der Waals surface area contributed by atoms with E-state index in [1.54, 1.807) is 4.90 Å². The number of ether oxygens (including phenoxy) is 1. The van der Waals surface area contributed by atoms with Crippen molar-refractivity contribution >= 4 is 40.0 Å². The third-order valence-electron chi connectivity index (χ3n) is 4.87. The quantitative estimate of drug-likeness (QED) is 0.391. The van der Waals surface area contributed by atoms with Crippen LogP contribution >= 0.6 is 22.6 Å². The fourth-order valence-electron chi connectivity index (χ4n) is 3.65.